The number of para-hydroxylation sites is 2. The maximum atomic E-state index is 6.04. The highest BCUT2D eigenvalue weighted by Crippen LogP contribution is 2.38. The Labute approximate surface area is 117 Å². The van der Waals surface area contributed by atoms with Crippen LogP contribution < -0.4 is 10.6 Å². The third kappa shape index (κ3) is 1.56. The van der Waals surface area contributed by atoms with E-state index in [0.29, 0.717) is 0 Å². The minimum atomic E-state index is 0.733. The normalized spacial score (nSPS) is 13.7. The van der Waals surface area contributed by atoms with E-state index >= 15 is 0 Å². The fourth-order valence-electron chi connectivity index (χ4n) is 3.01. The van der Waals surface area contributed by atoms with Gasteiger partial charge in [0.1, 0.15) is 0 Å². The molecule has 20 heavy (non-hydrogen) atoms. The minimum Gasteiger partial charge on any atom is -0.397 e. The van der Waals surface area contributed by atoms with Crippen LogP contribution in [0.15, 0.2) is 54.7 Å². The first-order chi connectivity index (χ1) is 9.84. The molecule has 3 nitrogen and oxygen atoms in total. The average molecular weight is 261 g/mol. The molecule has 1 aromatic heterocycles. The van der Waals surface area contributed by atoms with E-state index in [2.05, 4.69) is 46.3 Å². The van der Waals surface area contributed by atoms with Crippen LogP contribution in [0.2, 0.25) is 0 Å². The number of rotatable bonds is 1. The lowest BCUT2D eigenvalue weighted by molar-refractivity contribution is 1.00. The van der Waals surface area contributed by atoms with Gasteiger partial charge in [-0.15, -0.1) is 0 Å². The molecule has 1 aliphatic heterocycles. The summed E-state index contributed by atoms with van der Waals surface area (Å²) in [6.07, 6.45) is 2.93. The largest absolute Gasteiger partial charge is 0.397 e. The quantitative estimate of drug-likeness (QED) is 0.682. The molecule has 0 saturated carbocycles. The summed E-state index contributed by atoms with van der Waals surface area (Å²) in [6, 6.07) is 16.6. The van der Waals surface area contributed by atoms with Crippen molar-refractivity contribution in [3.63, 3.8) is 0 Å². The molecule has 0 atom stereocenters. The van der Waals surface area contributed by atoms with Gasteiger partial charge in [-0.1, -0.05) is 30.3 Å². The van der Waals surface area contributed by atoms with Gasteiger partial charge in [0.15, 0.2) is 0 Å². The van der Waals surface area contributed by atoms with Crippen LogP contribution in [0, 0.1) is 0 Å². The second kappa shape index (κ2) is 4.23. The smallest absolute Gasteiger partial charge is 0.0952 e. The highest BCUT2D eigenvalue weighted by atomic mass is 15.2. The number of aromatic nitrogens is 1. The summed E-state index contributed by atoms with van der Waals surface area (Å²) in [4.78, 5) is 6.78. The zero-order valence-corrected chi connectivity index (χ0v) is 11.1. The van der Waals surface area contributed by atoms with Crippen molar-refractivity contribution in [1.29, 1.82) is 0 Å². The molecule has 2 heterocycles. The summed E-state index contributed by atoms with van der Waals surface area (Å²) < 4.78 is 0. The van der Waals surface area contributed by atoms with Gasteiger partial charge in [0, 0.05) is 23.8 Å². The van der Waals surface area contributed by atoms with Crippen molar-refractivity contribution in [3.05, 3.63) is 60.3 Å². The number of hydrogen-bond acceptors (Lipinski definition) is 3. The Bertz CT molecular complexity index is 795. The summed E-state index contributed by atoms with van der Waals surface area (Å²) in [5.74, 6) is 0. The van der Waals surface area contributed by atoms with Gasteiger partial charge in [-0.25, -0.2) is 0 Å². The molecule has 1 aliphatic rings. The molecule has 0 amide bonds. The molecule has 2 N–H and O–H groups in total. The summed E-state index contributed by atoms with van der Waals surface area (Å²) in [5, 5.41) is 1.12. The molecule has 3 heteroatoms. The van der Waals surface area contributed by atoms with Crippen molar-refractivity contribution < 1.29 is 0 Å². The first-order valence-corrected chi connectivity index (χ1v) is 6.83. The fraction of sp³-hybridized carbons (Fsp3) is 0.118. The van der Waals surface area contributed by atoms with Crippen molar-refractivity contribution in [3.8, 4) is 0 Å². The number of hydrogen-bond donors (Lipinski definition) is 1. The third-order valence-electron chi connectivity index (χ3n) is 3.96. The van der Waals surface area contributed by atoms with E-state index in [1.165, 1.54) is 16.9 Å². The summed E-state index contributed by atoms with van der Waals surface area (Å²) >= 11 is 0. The molecular weight excluding hydrogens is 246 g/mol. The number of nitrogens with zero attached hydrogens (tertiary/aromatic N) is 2. The Morgan fingerprint density at radius 1 is 0.950 bits per heavy atom. The average Bonchev–Trinajstić information content (AvgIpc) is 2.91. The van der Waals surface area contributed by atoms with Crippen LogP contribution in [0.5, 0.6) is 0 Å². The van der Waals surface area contributed by atoms with Crippen LogP contribution in [0.1, 0.15) is 5.56 Å². The molecule has 0 spiro atoms. The Kier molecular flexibility index (Phi) is 2.39. The molecule has 0 unspecified atom stereocenters. The number of nitrogens with two attached hydrogens (primary N) is 1. The third-order valence-corrected chi connectivity index (χ3v) is 3.96. The topological polar surface area (TPSA) is 42.1 Å². The molecule has 98 valence electrons. The maximum Gasteiger partial charge on any atom is 0.0952 e. The van der Waals surface area contributed by atoms with Gasteiger partial charge in [0.05, 0.1) is 16.9 Å². The Morgan fingerprint density at radius 2 is 1.85 bits per heavy atom. The van der Waals surface area contributed by atoms with Gasteiger partial charge in [-0.2, -0.15) is 0 Å². The summed E-state index contributed by atoms with van der Waals surface area (Å²) in [7, 11) is 0. The monoisotopic (exact) mass is 261 g/mol. The van der Waals surface area contributed by atoms with Gasteiger partial charge in [-0.05, 0) is 30.2 Å². The molecular formula is C17H15N3. The van der Waals surface area contributed by atoms with Gasteiger partial charge in [0.25, 0.3) is 0 Å². The van der Waals surface area contributed by atoms with Crippen LogP contribution in [-0.2, 0) is 6.42 Å². The predicted molar refractivity (Wildman–Crippen MR) is 83.3 cm³/mol. The van der Waals surface area contributed by atoms with E-state index in [1.807, 2.05) is 18.3 Å². The molecule has 0 fully saturated rings. The van der Waals surface area contributed by atoms with E-state index in [0.717, 1.165) is 29.6 Å². The van der Waals surface area contributed by atoms with Crippen molar-refractivity contribution >= 4 is 28.0 Å². The summed E-state index contributed by atoms with van der Waals surface area (Å²) in [6.45, 7) is 1.01. The number of benzene rings is 2. The van der Waals surface area contributed by atoms with Gasteiger partial charge >= 0.3 is 0 Å². The van der Waals surface area contributed by atoms with E-state index < -0.39 is 0 Å². The first kappa shape index (κ1) is 11.3. The van der Waals surface area contributed by atoms with Gasteiger partial charge in [0.2, 0.25) is 0 Å². The number of fused-ring (bicyclic) bond motifs is 2. The van der Waals surface area contributed by atoms with Gasteiger partial charge in [-0.3, -0.25) is 4.98 Å². The lowest BCUT2D eigenvalue weighted by atomic mass is 10.1. The molecule has 0 bridgehead atoms. The number of pyridine rings is 1. The van der Waals surface area contributed by atoms with Crippen molar-refractivity contribution in [2.24, 2.45) is 0 Å². The maximum absolute atomic E-state index is 6.04. The van der Waals surface area contributed by atoms with Crippen LogP contribution in [0.4, 0.5) is 17.1 Å². The van der Waals surface area contributed by atoms with Crippen LogP contribution in [-0.4, -0.2) is 11.5 Å². The molecule has 0 saturated heterocycles. The minimum absolute atomic E-state index is 0.733. The van der Waals surface area contributed by atoms with E-state index in [9.17, 15) is 0 Å². The Balaban J connectivity index is 1.94. The SMILES string of the molecule is Nc1cccc2c(N3CCc4ccccc43)ccnc12. The first-order valence-electron chi connectivity index (χ1n) is 6.83. The molecule has 4 rings (SSSR count). The fourth-order valence-corrected chi connectivity index (χ4v) is 3.01. The van der Waals surface area contributed by atoms with Gasteiger partial charge < -0.3 is 10.6 Å². The van der Waals surface area contributed by atoms with Crippen molar-refractivity contribution in [2.75, 3.05) is 17.2 Å². The second-order valence-corrected chi connectivity index (χ2v) is 5.10. The van der Waals surface area contributed by atoms with E-state index in [-0.39, 0.29) is 0 Å². The Morgan fingerprint density at radius 3 is 2.80 bits per heavy atom. The van der Waals surface area contributed by atoms with Crippen LogP contribution in [0.3, 0.4) is 0 Å². The predicted octanol–water partition coefficient (Wildman–Crippen LogP) is 3.51. The van der Waals surface area contributed by atoms with E-state index in [4.69, 9.17) is 5.73 Å². The summed E-state index contributed by atoms with van der Waals surface area (Å²) in [5.41, 5.74) is 11.5. The molecule has 2 aromatic carbocycles. The molecule has 0 aliphatic carbocycles. The van der Waals surface area contributed by atoms with Crippen molar-refractivity contribution in [2.45, 2.75) is 6.42 Å². The zero-order chi connectivity index (χ0) is 13.5. The number of anilines is 3. The Hall–Kier alpha value is -2.55. The highest BCUT2D eigenvalue weighted by molar-refractivity contribution is 5.99. The molecule has 0 radical (unpaired) electrons. The molecule has 3 aromatic rings. The van der Waals surface area contributed by atoms with Crippen LogP contribution >= 0.6 is 0 Å². The lowest BCUT2D eigenvalue weighted by Crippen LogP contribution is -2.13. The zero-order valence-electron chi connectivity index (χ0n) is 11.1. The highest BCUT2D eigenvalue weighted by Gasteiger charge is 2.21. The second-order valence-electron chi connectivity index (χ2n) is 5.10. The lowest BCUT2D eigenvalue weighted by Gasteiger charge is -2.21. The van der Waals surface area contributed by atoms with Crippen LogP contribution in [0.25, 0.3) is 10.9 Å². The standard InChI is InChI=1S/C17H15N3/c18-14-6-3-5-13-16(8-10-19-17(13)14)20-11-9-12-4-1-2-7-15(12)20/h1-8,10H,9,11,18H2. The van der Waals surface area contributed by atoms with E-state index in [1.54, 1.807) is 0 Å². The van der Waals surface area contributed by atoms with Crippen molar-refractivity contribution in [1.82, 2.24) is 4.98 Å². The number of nitrogen functional groups attached to an aromatic ring is 1.